The molecule has 0 unspecified atom stereocenters. The van der Waals surface area contributed by atoms with Gasteiger partial charge in [0.15, 0.2) is 5.96 Å². The van der Waals surface area contributed by atoms with E-state index in [4.69, 9.17) is 10.5 Å². The Morgan fingerprint density at radius 1 is 1.15 bits per heavy atom. The monoisotopic (exact) mass is 477 g/mol. The Balaban J connectivity index is 0.00000261. The van der Waals surface area contributed by atoms with Gasteiger partial charge in [-0.1, -0.05) is 42.5 Å². The molecule has 0 aliphatic carbocycles. The molecular weight excluding hydrogens is 453 g/mol. The quantitative estimate of drug-likeness (QED) is 0.310. The van der Waals surface area contributed by atoms with Crippen molar-refractivity contribution in [3.8, 4) is 0 Å². The number of anilines is 1. The van der Waals surface area contributed by atoms with Crippen LogP contribution in [0.25, 0.3) is 0 Å². The minimum Gasteiger partial charge on any atom is -0.380 e. The molecule has 1 aromatic heterocycles. The summed E-state index contributed by atoms with van der Waals surface area (Å²) >= 11 is 0. The summed E-state index contributed by atoms with van der Waals surface area (Å²) in [7, 11) is 1.67. The fourth-order valence-electron chi connectivity index (χ4n) is 2.68. The minimum absolute atomic E-state index is 0. The van der Waals surface area contributed by atoms with Gasteiger partial charge in [0, 0.05) is 30.8 Å². The summed E-state index contributed by atoms with van der Waals surface area (Å²) in [5.41, 5.74) is 10.3. The number of rotatable bonds is 7. The van der Waals surface area contributed by atoms with Crippen LogP contribution in [0, 0.1) is 0 Å². The maximum absolute atomic E-state index is 6.05. The first-order chi connectivity index (χ1) is 12.7. The third-order valence-corrected chi connectivity index (χ3v) is 3.91. The van der Waals surface area contributed by atoms with Crippen LogP contribution in [0.1, 0.15) is 16.7 Å². The molecule has 0 aliphatic rings. The molecule has 0 radical (unpaired) electrons. The van der Waals surface area contributed by atoms with Crippen LogP contribution in [-0.4, -0.2) is 22.8 Å². The van der Waals surface area contributed by atoms with Gasteiger partial charge in [0.2, 0.25) is 0 Å². The molecule has 2 aromatic carbocycles. The highest BCUT2D eigenvalue weighted by Crippen LogP contribution is 2.15. The zero-order valence-electron chi connectivity index (χ0n) is 15.2. The number of methoxy groups -OCH3 is 1. The Labute approximate surface area is 176 Å². The predicted molar refractivity (Wildman–Crippen MR) is 119 cm³/mol. The number of aliphatic imine (C=N–C) groups is 1. The van der Waals surface area contributed by atoms with Crippen LogP contribution in [0.5, 0.6) is 0 Å². The first-order valence-electron chi connectivity index (χ1n) is 8.43. The van der Waals surface area contributed by atoms with E-state index >= 15 is 0 Å². The van der Waals surface area contributed by atoms with Gasteiger partial charge in [-0.25, -0.2) is 4.99 Å². The van der Waals surface area contributed by atoms with E-state index in [0.29, 0.717) is 19.1 Å². The lowest BCUT2D eigenvalue weighted by atomic mass is 10.1. The van der Waals surface area contributed by atoms with Gasteiger partial charge in [0.1, 0.15) is 0 Å². The van der Waals surface area contributed by atoms with Gasteiger partial charge in [-0.3, -0.25) is 4.68 Å². The maximum atomic E-state index is 6.05. The summed E-state index contributed by atoms with van der Waals surface area (Å²) in [5, 5.41) is 7.38. The number of hydrogen-bond acceptors (Lipinski definition) is 3. The molecule has 0 fully saturated rings. The van der Waals surface area contributed by atoms with Crippen LogP contribution in [0.15, 0.2) is 72.0 Å². The number of nitrogens with one attached hydrogen (secondary N) is 1. The Morgan fingerprint density at radius 3 is 2.74 bits per heavy atom. The highest BCUT2D eigenvalue weighted by Gasteiger charge is 2.03. The molecule has 0 amide bonds. The number of ether oxygens (including phenoxy) is 1. The normalized spacial score (nSPS) is 11.1. The lowest BCUT2D eigenvalue weighted by Gasteiger charge is -2.11. The Morgan fingerprint density at radius 2 is 1.96 bits per heavy atom. The van der Waals surface area contributed by atoms with E-state index in [9.17, 15) is 0 Å². The van der Waals surface area contributed by atoms with E-state index < -0.39 is 0 Å². The Bertz CT molecular complexity index is 864. The third kappa shape index (κ3) is 6.37. The van der Waals surface area contributed by atoms with Gasteiger partial charge in [0.25, 0.3) is 0 Å². The summed E-state index contributed by atoms with van der Waals surface area (Å²) in [4.78, 5) is 4.45. The smallest absolute Gasteiger partial charge is 0.193 e. The van der Waals surface area contributed by atoms with Crippen molar-refractivity contribution in [2.24, 2.45) is 10.7 Å². The lowest BCUT2D eigenvalue weighted by Crippen LogP contribution is -2.23. The van der Waals surface area contributed by atoms with Gasteiger partial charge in [-0.2, -0.15) is 5.10 Å². The van der Waals surface area contributed by atoms with E-state index in [1.807, 2.05) is 53.3 Å². The first-order valence-corrected chi connectivity index (χ1v) is 8.43. The van der Waals surface area contributed by atoms with Gasteiger partial charge in [-0.15, -0.1) is 24.0 Å². The highest BCUT2D eigenvalue weighted by molar-refractivity contribution is 14.0. The van der Waals surface area contributed by atoms with Crippen molar-refractivity contribution in [2.45, 2.75) is 19.7 Å². The average Bonchev–Trinajstić information content (AvgIpc) is 3.15. The molecule has 3 N–H and O–H groups in total. The van der Waals surface area contributed by atoms with Crippen molar-refractivity contribution in [1.82, 2.24) is 9.78 Å². The lowest BCUT2D eigenvalue weighted by molar-refractivity contribution is 0.185. The number of para-hydroxylation sites is 1. The van der Waals surface area contributed by atoms with Crippen molar-refractivity contribution >= 4 is 35.6 Å². The number of aromatic nitrogens is 2. The van der Waals surface area contributed by atoms with Crippen LogP contribution >= 0.6 is 24.0 Å². The molecule has 1 heterocycles. The van der Waals surface area contributed by atoms with Crippen LogP contribution in [0.2, 0.25) is 0 Å². The van der Waals surface area contributed by atoms with E-state index in [2.05, 4.69) is 27.5 Å². The minimum atomic E-state index is 0. The molecule has 7 heteroatoms. The molecule has 0 saturated carbocycles. The summed E-state index contributed by atoms with van der Waals surface area (Å²) in [6.45, 7) is 1.77. The molecule has 6 nitrogen and oxygen atoms in total. The summed E-state index contributed by atoms with van der Waals surface area (Å²) in [6, 6.07) is 18.1. The summed E-state index contributed by atoms with van der Waals surface area (Å²) < 4.78 is 7.10. The summed E-state index contributed by atoms with van der Waals surface area (Å²) in [5.74, 6) is 0.381. The van der Waals surface area contributed by atoms with Crippen LogP contribution in [-0.2, 0) is 24.4 Å². The number of hydrogen-bond donors (Lipinski definition) is 2. The largest absolute Gasteiger partial charge is 0.380 e. The third-order valence-electron chi connectivity index (χ3n) is 3.91. The zero-order chi connectivity index (χ0) is 18.2. The van der Waals surface area contributed by atoms with Crippen molar-refractivity contribution in [3.63, 3.8) is 0 Å². The number of nitrogens with zero attached hydrogens (tertiary/aromatic N) is 3. The molecule has 142 valence electrons. The maximum Gasteiger partial charge on any atom is 0.193 e. The number of halogens is 1. The molecule has 3 aromatic rings. The van der Waals surface area contributed by atoms with E-state index in [1.165, 1.54) is 5.56 Å². The van der Waals surface area contributed by atoms with Crippen LogP contribution in [0.3, 0.4) is 0 Å². The molecule has 0 aliphatic heterocycles. The standard InChI is InChI=1S/C20H23N5O.HI/c1-26-15-18-8-2-3-9-19(18)24-20(21)22-13-16-6-4-7-17(12-16)14-25-11-5-10-23-25;/h2-12H,13-15H2,1H3,(H3,21,22,24);1H. The van der Waals surface area contributed by atoms with Crippen LogP contribution in [0.4, 0.5) is 5.69 Å². The molecule has 3 rings (SSSR count). The van der Waals surface area contributed by atoms with Crippen molar-refractivity contribution in [3.05, 3.63) is 83.7 Å². The van der Waals surface area contributed by atoms with Gasteiger partial charge in [0.05, 0.1) is 19.7 Å². The topological polar surface area (TPSA) is 77.5 Å². The van der Waals surface area contributed by atoms with Crippen molar-refractivity contribution in [2.75, 3.05) is 12.4 Å². The number of benzene rings is 2. The van der Waals surface area contributed by atoms with Crippen molar-refractivity contribution < 1.29 is 4.74 Å². The Hall–Kier alpha value is -2.39. The number of guanidine groups is 1. The van der Waals surface area contributed by atoms with Gasteiger partial charge < -0.3 is 15.8 Å². The number of nitrogens with two attached hydrogens (primary N) is 1. The molecule has 27 heavy (non-hydrogen) atoms. The first kappa shape index (κ1) is 20.9. The van der Waals surface area contributed by atoms with Crippen LogP contribution < -0.4 is 11.1 Å². The van der Waals surface area contributed by atoms with Crippen molar-refractivity contribution in [1.29, 1.82) is 0 Å². The van der Waals surface area contributed by atoms with Gasteiger partial charge in [-0.05, 0) is 23.3 Å². The predicted octanol–water partition coefficient (Wildman–Crippen LogP) is 3.62. The molecule has 0 spiro atoms. The fraction of sp³-hybridized carbons (Fsp3) is 0.200. The fourth-order valence-corrected chi connectivity index (χ4v) is 2.68. The Kier molecular flexibility index (Phi) is 8.28. The average molecular weight is 477 g/mol. The van der Waals surface area contributed by atoms with E-state index in [0.717, 1.165) is 23.4 Å². The second-order valence-corrected chi connectivity index (χ2v) is 5.94. The second kappa shape index (κ2) is 10.7. The molecule has 0 bridgehead atoms. The SMILES string of the molecule is COCc1ccccc1NC(N)=NCc1cccc(Cn2cccn2)c1.I. The van der Waals surface area contributed by atoms with E-state index in [-0.39, 0.29) is 24.0 Å². The second-order valence-electron chi connectivity index (χ2n) is 5.94. The molecular formula is C20H24IN5O. The van der Waals surface area contributed by atoms with Gasteiger partial charge >= 0.3 is 0 Å². The summed E-state index contributed by atoms with van der Waals surface area (Å²) in [6.07, 6.45) is 3.73. The highest BCUT2D eigenvalue weighted by atomic mass is 127. The molecule has 0 atom stereocenters. The van der Waals surface area contributed by atoms with E-state index in [1.54, 1.807) is 13.3 Å². The zero-order valence-corrected chi connectivity index (χ0v) is 17.5. The molecule has 0 saturated heterocycles.